The summed E-state index contributed by atoms with van der Waals surface area (Å²) in [5.41, 5.74) is 7.47. The van der Waals surface area contributed by atoms with Gasteiger partial charge in [-0.1, -0.05) is 6.92 Å². The number of aromatic nitrogens is 2. The first-order chi connectivity index (χ1) is 18.2. The molecule has 0 fully saturated rings. The predicted octanol–water partition coefficient (Wildman–Crippen LogP) is 1.20. The molecule has 0 unspecified atom stereocenters. The lowest BCUT2D eigenvalue weighted by Crippen LogP contribution is -2.44. The van der Waals surface area contributed by atoms with Crippen molar-refractivity contribution in [2.45, 2.75) is 57.9 Å². The van der Waals surface area contributed by atoms with Crippen LogP contribution >= 0.6 is 0 Å². The molecule has 2 aromatic heterocycles. The van der Waals surface area contributed by atoms with Gasteiger partial charge in [-0.3, -0.25) is 9.59 Å². The number of fused-ring (bicyclic) bond motifs is 6. The van der Waals surface area contributed by atoms with Crippen LogP contribution in [-0.2, 0) is 39.5 Å². The molecule has 6 rings (SSSR count). The van der Waals surface area contributed by atoms with E-state index in [2.05, 4.69) is 5.32 Å². The number of ether oxygens (including phenoxy) is 3. The number of esters is 1. The zero-order valence-corrected chi connectivity index (χ0v) is 21.1. The summed E-state index contributed by atoms with van der Waals surface area (Å²) in [6, 6.07) is 5.30. The van der Waals surface area contributed by atoms with Gasteiger partial charge in [0, 0.05) is 28.6 Å². The molecule has 1 aromatic carbocycles. The van der Waals surface area contributed by atoms with Crippen LogP contribution in [0.2, 0.25) is 0 Å². The number of cyclic esters (lactones) is 1. The van der Waals surface area contributed by atoms with E-state index in [1.165, 1.54) is 0 Å². The van der Waals surface area contributed by atoms with Crippen molar-refractivity contribution in [2.24, 2.45) is 5.73 Å². The molecule has 11 nitrogen and oxygen atoms in total. The Balaban J connectivity index is 1.52. The fourth-order valence-electron chi connectivity index (χ4n) is 5.60. The van der Waals surface area contributed by atoms with Crippen LogP contribution in [0.25, 0.3) is 22.3 Å². The lowest BCUT2D eigenvalue weighted by molar-refractivity contribution is -0.172. The largest absolute Gasteiger partial charge is 0.458 e. The third-order valence-corrected chi connectivity index (χ3v) is 7.72. The number of nitrogens with two attached hydrogens (primary N) is 1. The van der Waals surface area contributed by atoms with E-state index in [0.717, 1.165) is 16.5 Å². The summed E-state index contributed by atoms with van der Waals surface area (Å²) in [4.78, 5) is 42.8. The summed E-state index contributed by atoms with van der Waals surface area (Å²) < 4.78 is 18.0. The minimum absolute atomic E-state index is 0.0703. The SMILES string of the molecule is CC[C@@]1(O)C(=O)OCc2c1cc1n(c2=O)Cc2c-1nc1cc3c(cc1c2CC[C@H](C)NC(=O)CN)OCO3. The van der Waals surface area contributed by atoms with Gasteiger partial charge in [0.2, 0.25) is 12.7 Å². The number of hydrogen-bond acceptors (Lipinski definition) is 9. The van der Waals surface area contributed by atoms with E-state index >= 15 is 0 Å². The minimum atomic E-state index is -1.90. The highest BCUT2D eigenvalue weighted by Gasteiger charge is 2.45. The van der Waals surface area contributed by atoms with Crippen molar-refractivity contribution in [2.75, 3.05) is 13.3 Å². The summed E-state index contributed by atoms with van der Waals surface area (Å²) in [5.74, 6) is 0.221. The second kappa shape index (κ2) is 8.81. The van der Waals surface area contributed by atoms with E-state index in [0.29, 0.717) is 41.2 Å². The monoisotopic (exact) mass is 520 g/mol. The molecule has 0 saturated heterocycles. The van der Waals surface area contributed by atoms with Crippen LogP contribution in [0.5, 0.6) is 11.5 Å². The number of amides is 1. The number of pyridine rings is 2. The van der Waals surface area contributed by atoms with Crippen molar-refractivity contribution in [3.8, 4) is 22.9 Å². The maximum absolute atomic E-state index is 13.6. The first-order valence-corrected chi connectivity index (χ1v) is 12.7. The second-order valence-corrected chi connectivity index (χ2v) is 9.95. The summed E-state index contributed by atoms with van der Waals surface area (Å²) in [6.45, 7) is 3.73. The first-order valence-electron chi connectivity index (χ1n) is 12.7. The van der Waals surface area contributed by atoms with Crippen molar-refractivity contribution in [3.63, 3.8) is 0 Å². The smallest absolute Gasteiger partial charge is 0.343 e. The topological polar surface area (TPSA) is 155 Å². The van der Waals surface area contributed by atoms with Crippen LogP contribution in [-0.4, -0.2) is 45.9 Å². The third kappa shape index (κ3) is 3.57. The number of benzene rings is 1. The second-order valence-electron chi connectivity index (χ2n) is 9.95. The van der Waals surface area contributed by atoms with E-state index in [-0.39, 0.29) is 61.5 Å². The van der Waals surface area contributed by atoms with Crippen LogP contribution in [0, 0.1) is 0 Å². The van der Waals surface area contributed by atoms with Crippen molar-refractivity contribution < 1.29 is 28.9 Å². The van der Waals surface area contributed by atoms with Gasteiger partial charge in [0.1, 0.15) is 6.61 Å². The standard InChI is InChI=1S/C27H28N4O7/c1-3-27(35)18-7-20-24-16(10-31(20)25(33)17(18)11-36-26(27)34)14(5-4-13(2)29-23(32)9-28)15-6-21-22(38-12-37-21)8-19(15)30-24/h6-8,13,35H,3-5,9-12,28H2,1-2H3,(H,29,32)/t13-,27-/m0/s1. The maximum Gasteiger partial charge on any atom is 0.343 e. The van der Waals surface area contributed by atoms with Gasteiger partial charge in [0.25, 0.3) is 5.56 Å². The number of aryl methyl sites for hydroxylation is 1. The number of nitrogens with one attached hydrogen (secondary N) is 1. The van der Waals surface area contributed by atoms with Gasteiger partial charge in [0.05, 0.1) is 35.6 Å². The Bertz CT molecular complexity index is 1580. The molecule has 4 N–H and O–H groups in total. The zero-order valence-electron chi connectivity index (χ0n) is 21.1. The van der Waals surface area contributed by atoms with Gasteiger partial charge in [-0.15, -0.1) is 0 Å². The number of hydrogen-bond donors (Lipinski definition) is 3. The molecule has 3 aliphatic heterocycles. The number of carbonyl (C=O) groups excluding carboxylic acids is 2. The third-order valence-electron chi connectivity index (χ3n) is 7.72. The van der Waals surface area contributed by atoms with Gasteiger partial charge in [0.15, 0.2) is 17.1 Å². The lowest BCUT2D eigenvalue weighted by atomic mass is 9.86. The Morgan fingerprint density at radius 1 is 1.21 bits per heavy atom. The molecule has 198 valence electrons. The number of rotatable bonds is 6. The highest BCUT2D eigenvalue weighted by atomic mass is 16.7. The Hall–Kier alpha value is -3.96. The number of nitrogens with zero attached hydrogens (tertiary/aromatic N) is 2. The Labute approximate surface area is 217 Å². The van der Waals surface area contributed by atoms with Crippen molar-refractivity contribution >= 4 is 22.8 Å². The van der Waals surface area contributed by atoms with E-state index in [1.54, 1.807) is 17.6 Å². The van der Waals surface area contributed by atoms with E-state index in [4.69, 9.17) is 24.9 Å². The Morgan fingerprint density at radius 3 is 2.71 bits per heavy atom. The van der Waals surface area contributed by atoms with E-state index in [1.807, 2.05) is 19.1 Å². The maximum atomic E-state index is 13.6. The van der Waals surface area contributed by atoms with Gasteiger partial charge in [-0.05, 0) is 43.9 Å². The fraction of sp³-hybridized carbons (Fsp3) is 0.407. The average Bonchev–Trinajstić information content (AvgIpc) is 3.52. The average molecular weight is 521 g/mol. The number of aliphatic hydroxyl groups is 1. The summed E-state index contributed by atoms with van der Waals surface area (Å²) in [7, 11) is 0. The van der Waals surface area contributed by atoms with Crippen LogP contribution in [0.4, 0.5) is 0 Å². The van der Waals surface area contributed by atoms with Crippen molar-refractivity contribution in [3.05, 3.63) is 50.8 Å². The van der Waals surface area contributed by atoms with Crippen LogP contribution in [0.15, 0.2) is 23.0 Å². The quantitative estimate of drug-likeness (QED) is 0.318. The predicted molar refractivity (Wildman–Crippen MR) is 136 cm³/mol. The molecule has 0 bridgehead atoms. The Kier molecular flexibility index (Phi) is 5.65. The molecular formula is C27H28N4O7. The molecule has 11 heteroatoms. The van der Waals surface area contributed by atoms with Gasteiger partial charge < -0.3 is 34.9 Å². The van der Waals surface area contributed by atoms with Crippen LogP contribution in [0.1, 0.15) is 48.9 Å². The molecule has 1 amide bonds. The minimum Gasteiger partial charge on any atom is -0.458 e. The summed E-state index contributed by atoms with van der Waals surface area (Å²) in [5, 5.41) is 14.9. The molecule has 0 saturated carbocycles. The molecule has 0 spiro atoms. The lowest BCUT2D eigenvalue weighted by Gasteiger charge is -2.31. The van der Waals surface area contributed by atoms with Crippen molar-refractivity contribution in [1.82, 2.24) is 14.9 Å². The van der Waals surface area contributed by atoms with Gasteiger partial charge in [-0.25, -0.2) is 9.78 Å². The fourth-order valence-corrected chi connectivity index (χ4v) is 5.60. The summed E-state index contributed by atoms with van der Waals surface area (Å²) in [6.07, 6.45) is 1.29. The molecule has 3 aliphatic rings. The molecule has 2 atom stereocenters. The van der Waals surface area contributed by atoms with Crippen LogP contribution < -0.4 is 26.1 Å². The van der Waals surface area contributed by atoms with E-state index < -0.39 is 11.6 Å². The molecule has 0 radical (unpaired) electrons. The zero-order chi connectivity index (χ0) is 26.8. The highest BCUT2D eigenvalue weighted by molar-refractivity contribution is 5.91. The number of carbonyl (C=O) groups is 2. The molecular weight excluding hydrogens is 492 g/mol. The molecule has 5 heterocycles. The van der Waals surface area contributed by atoms with Crippen molar-refractivity contribution in [1.29, 1.82) is 0 Å². The van der Waals surface area contributed by atoms with Gasteiger partial charge in [-0.2, -0.15) is 0 Å². The Morgan fingerprint density at radius 2 is 1.97 bits per heavy atom. The van der Waals surface area contributed by atoms with Gasteiger partial charge >= 0.3 is 5.97 Å². The first kappa shape index (κ1) is 24.4. The summed E-state index contributed by atoms with van der Waals surface area (Å²) >= 11 is 0. The highest BCUT2D eigenvalue weighted by Crippen LogP contribution is 2.43. The van der Waals surface area contributed by atoms with E-state index in [9.17, 15) is 19.5 Å². The molecule has 3 aromatic rings. The van der Waals surface area contributed by atoms with Crippen LogP contribution in [0.3, 0.4) is 0 Å². The normalized spacial score (nSPS) is 19.5. The molecule has 38 heavy (non-hydrogen) atoms. The molecule has 0 aliphatic carbocycles.